The van der Waals surface area contributed by atoms with Gasteiger partial charge in [0.2, 0.25) is 0 Å². The Bertz CT molecular complexity index is 2590. The maximum absolute atomic E-state index is 2.77. The van der Waals surface area contributed by atoms with Gasteiger partial charge in [-0.15, -0.1) is 0 Å². The van der Waals surface area contributed by atoms with Crippen molar-refractivity contribution in [2.45, 2.75) is 130 Å². The van der Waals surface area contributed by atoms with E-state index >= 15 is 0 Å². The van der Waals surface area contributed by atoms with E-state index in [2.05, 4.69) is 219 Å². The molecule has 8 rings (SSSR count). The summed E-state index contributed by atoms with van der Waals surface area (Å²) >= 11 is -2.73. The third-order valence-corrected chi connectivity index (χ3v) is 35.1. The number of rotatable bonds is 9. The normalized spacial score (nSPS) is 16.0. The van der Waals surface area contributed by atoms with Crippen LogP contribution in [0.15, 0.2) is 108 Å². The van der Waals surface area contributed by atoms with E-state index in [-0.39, 0.29) is 10.8 Å². The summed E-state index contributed by atoms with van der Waals surface area (Å²) in [4.78, 5) is 0. The van der Waals surface area contributed by atoms with Crippen molar-refractivity contribution >= 4 is 18.1 Å². The topological polar surface area (TPSA) is 0 Å². The van der Waals surface area contributed by atoms with E-state index in [1.54, 1.807) is 22.3 Å². The third-order valence-electron chi connectivity index (χ3n) is 13.5. The number of hydrogen-bond acceptors (Lipinski definition) is 0. The van der Waals surface area contributed by atoms with E-state index in [0.717, 1.165) is 12.8 Å². The zero-order valence-corrected chi connectivity index (χ0v) is 45.7. The fourth-order valence-corrected chi connectivity index (χ4v) is 34.4. The van der Waals surface area contributed by atoms with Crippen LogP contribution in [0.25, 0.3) is 56.7 Å². The zero-order valence-electron chi connectivity index (χ0n) is 42.0. The van der Waals surface area contributed by atoms with Gasteiger partial charge >= 0.3 is 399 Å². The summed E-state index contributed by atoms with van der Waals surface area (Å²) in [5.74, 6) is -1.29. The number of benzene rings is 6. The molecule has 2 aliphatic carbocycles. The molecule has 329 valence electrons. The first-order chi connectivity index (χ1) is 30.0. The number of hydrogen-bond donors (Lipinski definition) is 0. The molecule has 2 atom stereocenters. The van der Waals surface area contributed by atoms with Gasteiger partial charge in [-0.1, -0.05) is 0 Å². The Morgan fingerprint density at radius 2 is 0.641 bits per heavy atom. The monoisotopic (exact) mass is 935 g/mol. The average Bonchev–Trinajstić information content (AvgIpc) is 3.69. The predicted octanol–water partition coefficient (Wildman–Crippen LogP) is 17.9. The number of aryl methyl sites for hydroxylation is 8. The Morgan fingerprint density at radius 1 is 0.391 bits per heavy atom. The molecule has 0 radical (unpaired) electrons. The molecule has 0 heterocycles. The molecular formula is C62H73SiZr. The molecule has 2 aliphatic rings. The van der Waals surface area contributed by atoms with Gasteiger partial charge in [0.05, 0.1) is 0 Å². The van der Waals surface area contributed by atoms with Crippen molar-refractivity contribution in [2.75, 3.05) is 0 Å². The zero-order chi connectivity index (χ0) is 46.2. The first kappa shape index (κ1) is 46.4. The van der Waals surface area contributed by atoms with Gasteiger partial charge in [0, 0.05) is 0 Å². The van der Waals surface area contributed by atoms with Crippen LogP contribution in [0.3, 0.4) is 0 Å². The molecule has 0 saturated carbocycles. The fourth-order valence-electron chi connectivity index (χ4n) is 11.8. The Morgan fingerprint density at radius 3 is 0.891 bits per heavy atom. The third kappa shape index (κ3) is 9.58. The van der Waals surface area contributed by atoms with Crippen LogP contribution in [0.4, 0.5) is 0 Å². The Labute approximate surface area is 396 Å². The van der Waals surface area contributed by atoms with Crippen molar-refractivity contribution in [3.05, 3.63) is 175 Å². The van der Waals surface area contributed by atoms with Crippen molar-refractivity contribution in [3.8, 4) is 44.5 Å². The molecule has 0 nitrogen and oxygen atoms in total. The summed E-state index contributed by atoms with van der Waals surface area (Å²) in [7, 11) is 0. The summed E-state index contributed by atoms with van der Waals surface area (Å²) in [6, 6.07) is 39.0. The van der Waals surface area contributed by atoms with Crippen molar-refractivity contribution in [3.63, 3.8) is 0 Å². The van der Waals surface area contributed by atoms with E-state index in [9.17, 15) is 0 Å². The molecule has 0 amide bonds. The molecule has 0 spiro atoms. The summed E-state index contributed by atoms with van der Waals surface area (Å²) < 4.78 is 0.947. The summed E-state index contributed by atoms with van der Waals surface area (Å²) in [6.45, 7) is 38.6. The van der Waals surface area contributed by atoms with E-state index in [1.807, 2.05) is 0 Å². The quantitative estimate of drug-likeness (QED) is 0.127. The molecule has 0 N–H and O–H groups in total. The molecule has 6 aromatic rings. The van der Waals surface area contributed by atoms with Gasteiger partial charge in [-0.25, -0.2) is 0 Å². The van der Waals surface area contributed by atoms with Crippen LogP contribution < -0.4 is 0 Å². The minimum atomic E-state index is -2.73. The van der Waals surface area contributed by atoms with E-state index in [0.29, 0.717) is 7.25 Å². The predicted molar refractivity (Wildman–Crippen MR) is 281 cm³/mol. The van der Waals surface area contributed by atoms with Crippen LogP contribution in [0.5, 0.6) is 0 Å². The molecule has 0 aromatic heterocycles. The standard InChI is InChI=1S/2C30H33.C2H7Si.Zr/c2*1-19-10-20(2)13-24(12-19)26-8-9-27(25-14-21(3)11-22(4)15-25)29-17-23(16-28(26)29)18-30(5,6)7;1-3-2;/h2*8-17H,18H2,1-7H3;3H,1-2H3;. The minimum absolute atomic E-state index is 0.150. The molecule has 2 unspecified atom stereocenters. The molecule has 0 aliphatic heterocycles. The van der Waals surface area contributed by atoms with Crippen molar-refractivity contribution in [1.29, 1.82) is 0 Å². The van der Waals surface area contributed by atoms with Gasteiger partial charge < -0.3 is 0 Å². The molecule has 0 saturated heterocycles. The van der Waals surface area contributed by atoms with Crippen LogP contribution in [0.2, 0.25) is 13.1 Å². The number of allylic oxidation sites excluding steroid dienone is 2. The fraction of sp³-hybridized carbons (Fsp3) is 0.355. The van der Waals surface area contributed by atoms with E-state index < -0.39 is 26.8 Å². The van der Waals surface area contributed by atoms with Crippen molar-refractivity contribution < 1.29 is 20.9 Å². The second-order valence-corrected chi connectivity index (χ2v) is 43.0. The first-order valence-corrected chi connectivity index (χ1v) is 34.0. The van der Waals surface area contributed by atoms with Gasteiger partial charge in [-0.3, -0.25) is 0 Å². The van der Waals surface area contributed by atoms with Gasteiger partial charge in [0.25, 0.3) is 0 Å². The summed E-state index contributed by atoms with van der Waals surface area (Å²) in [6.07, 6.45) is 7.73. The second kappa shape index (κ2) is 17.6. The Kier molecular flexibility index (Phi) is 12.8. The van der Waals surface area contributed by atoms with Crippen LogP contribution in [0.1, 0.15) is 128 Å². The van der Waals surface area contributed by atoms with Gasteiger partial charge in [0.1, 0.15) is 0 Å². The average molecular weight is 938 g/mol. The molecule has 2 heteroatoms. The van der Waals surface area contributed by atoms with Gasteiger partial charge in [0.15, 0.2) is 0 Å². The first-order valence-electron chi connectivity index (χ1n) is 24.0. The summed E-state index contributed by atoms with van der Waals surface area (Å²) in [5.41, 5.74) is 31.9. The van der Waals surface area contributed by atoms with E-state index in [4.69, 9.17) is 0 Å². The van der Waals surface area contributed by atoms with Gasteiger partial charge in [-0.2, -0.15) is 0 Å². The molecule has 6 aromatic carbocycles. The molecule has 0 bridgehead atoms. The summed E-state index contributed by atoms with van der Waals surface area (Å²) in [5, 5.41) is 0. The van der Waals surface area contributed by atoms with Crippen molar-refractivity contribution in [1.82, 2.24) is 0 Å². The van der Waals surface area contributed by atoms with Crippen LogP contribution in [-0.2, 0) is 20.9 Å². The maximum atomic E-state index is 2.77. The van der Waals surface area contributed by atoms with Crippen LogP contribution in [-0.4, -0.2) is 5.92 Å². The van der Waals surface area contributed by atoms with Crippen LogP contribution in [0, 0.1) is 66.2 Å². The second-order valence-electron chi connectivity index (χ2n) is 22.9. The van der Waals surface area contributed by atoms with E-state index in [1.165, 1.54) is 100 Å². The Balaban J connectivity index is 1.49. The molecule has 0 fully saturated rings. The Hall–Kier alpha value is -4.10. The SMILES string of the molecule is Cc1cc(C)cc(-c2ccc(-c3cc(C)cc(C)c3)c3c2C=C(CC(C)(C)C)[CH]3[Zr]([CH]2C(CC(C)(C)C)=Cc3c(-c4cc(C)cc(C)c4)ccc(-c4cc(C)cc(C)c4)c32)[SiH](C)C)c1. The van der Waals surface area contributed by atoms with Crippen molar-refractivity contribution in [2.24, 2.45) is 10.8 Å². The van der Waals surface area contributed by atoms with Crippen LogP contribution >= 0.6 is 0 Å². The molecular weight excluding hydrogens is 864 g/mol. The molecule has 64 heavy (non-hydrogen) atoms. The van der Waals surface area contributed by atoms with Gasteiger partial charge in [-0.05, 0) is 0 Å². The number of fused-ring (bicyclic) bond motifs is 2.